The quantitative estimate of drug-likeness (QED) is 0.907. The van der Waals surface area contributed by atoms with Crippen molar-refractivity contribution >= 4 is 17.5 Å². The van der Waals surface area contributed by atoms with Gasteiger partial charge in [0.05, 0.1) is 12.1 Å². The number of benzene rings is 1. The Morgan fingerprint density at radius 2 is 2.14 bits per heavy atom. The number of hydrogen-bond acceptors (Lipinski definition) is 3. The lowest BCUT2D eigenvalue weighted by atomic mass is 9.97. The maximum atomic E-state index is 12.2. The van der Waals surface area contributed by atoms with Gasteiger partial charge in [0, 0.05) is 32.6 Å². The molecule has 5 heteroatoms. The third-order valence-electron chi connectivity index (χ3n) is 3.79. The van der Waals surface area contributed by atoms with Crippen LogP contribution in [0.1, 0.15) is 18.9 Å². The minimum absolute atomic E-state index is 0.253. The number of carbonyl (C=O) groups is 1. The van der Waals surface area contributed by atoms with Gasteiger partial charge in [-0.25, -0.2) is 0 Å². The second kappa shape index (κ2) is 7.66. The van der Waals surface area contributed by atoms with E-state index in [1.165, 1.54) is 0 Å². The van der Waals surface area contributed by atoms with Gasteiger partial charge in [-0.3, -0.25) is 4.79 Å². The number of rotatable bonds is 5. The first-order chi connectivity index (χ1) is 10.1. The number of methoxy groups -OCH3 is 1. The van der Waals surface area contributed by atoms with Crippen LogP contribution in [0.25, 0.3) is 0 Å². The van der Waals surface area contributed by atoms with E-state index >= 15 is 0 Å². The molecule has 1 amide bonds. The lowest BCUT2D eigenvalue weighted by Gasteiger charge is -2.28. The molecule has 21 heavy (non-hydrogen) atoms. The molecule has 0 spiro atoms. The highest BCUT2D eigenvalue weighted by Gasteiger charge is 2.18. The van der Waals surface area contributed by atoms with Crippen LogP contribution in [0.5, 0.6) is 5.75 Å². The number of amides is 1. The van der Waals surface area contributed by atoms with Gasteiger partial charge in [-0.2, -0.15) is 0 Å². The van der Waals surface area contributed by atoms with Crippen molar-refractivity contribution in [1.82, 2.24) is 10.2 Å². The van der Waals surface area contributed by atoms with Crippen molar-refractivity contribution < 1.29 is 9.53 Å². The van der Waals surface area contributed by atoms with Crippen LogP contribution in [0.2, 0.25) is 5.02 Å². The van der Waals surface area contributed by atoms with Gasteiger partial charge in [0.2, 0.25) is 5.91 Å². The van der Waals surface area contributed by atoms with Crippen molar-refractivity contribution in [2.45, 2.75) is 19.8 Å². The molecule has 0 radical (unpaired) electrons. The molecule has 2 rings (SSSR count). The summed E-state index contributed by atoms with van der Waals surface area (Å²) in [6, 6.07) is 5.81. The van der Waals surface area contributed by atoms with E-state index in [0.717, 1.165) is 38.2 Å². The zero-order valence-electron chi connectivity index (χ0n) is 12.7. The fourth-order valence-corrected chi connectivity index (χ4v) is 2.93. The van der Waals surface area contributed by atoms with E-state index in [2.05, 4.69) is 12.2 Å². The monoisotopic (exact) mass is 310 g/mol. The summed E-state index contributed by atoms with van der Waals surface area (Å²) in [5.41, 5.74) is 1.14. The van der Waals surface area contributed by atoms with Crippen LogP contribution < -0.4 is 10.1 Å². The summed E-state index contributed by atoms with van der Waals surface area (Å²) in [6.07, 6.45) is 1.44. The fourth-order valence-electron chi connectivity index (χ4n) is 2.65. The zero-order valence-corrected chi connectivity index (χ0v) is 13.4. The van der Waals surface area contributed by atoms with Gasteiger partial charge in [-0.05, 0) is 30.0 Å². The number of carbonyl (C=O) groups excluding carboxylic acids is 1. The second-order valence-electron chi connectivity index (χ2n) is 5.61. The normalized spacial score (nSPS) is 16.6. The van der Waals surface area contributed by atoms with E-state index in [4.69, 9.17) is 16.3 Å². The molecule has 1 unspecified atom stereocenters. The highest BCUT2D eigenvalue weighted by molar-refractivity contribution is 6.32. The zero-order chi connectivity index (χ0) is 15.2. The predicted octanol–water partition coefficient (Wildman–Crippen LogP) is 2.35. The Bertz CT molecular complexity index is 487. The molecule has 0 aromatic heterocycles. The van der Waals surface area contributed by atoms with Crippen LogP contribution in [0.15, 0.2) is 18.2 Å². The summed E-state index contributed by atoms with van der Waals surface area (Å²) in [5.74, 6) is 1.24. The first-order valence-electron chi connectivity index (χ1n) is 7.41. The smallest absolute Gasteiger partial charge is 0.222 e. The highest BCUT2D eigenvalue weighted by Crippen LogP contribution is 2.26. The Morgan fingerprint density at radius 3 is 2.76 bits per heavy atom. The van der Waals surface area contributed by atoms with Crippen molar-refractivity contribution in [3.63, 3.8) is 0 Å². The maximum Gasteiger partial charge on any atom is 0.222 e. The molecule has 1 aliphatic rings. The summed E-state index contributed by atoms with van der Waals surface area (Å²) in [5, 5.41) is 3.88. The molecule has 1 saturated heterocycles. The first-order valence-corrected chi connectivity index (χ1v) is 7.79. The number of nitrogens with one attached hydrogen (secondary N) is 1. The molecule has 1 N–H and O–H groups in total. The molecular formula is C16H23ClN2O2. The number of nitrogens with zero attached hydrogens (tertiary/aromatic N) is 1. The van der Waals surface area contributed by atoms with Gasteiger partial charge < -0.3 is 15.0 Å². The molecule has 1 atom stereocenters. The molecule has 1 heterocycles. The van der Waals surface area contributed by atoms with Gasteiger partial charge in [0.15, 0.2) is 0 Å². The molecule has 0 aliphatic carbocycles. The third kappa shape index (κ3) is 4.61. The minimum atomic E-state index is 0.253. The lowest BCUT2D eigenvalue weighted by molar-refractivity contribution is -0.132. The third-order valence-corrected chi connectivity index (χ3v) is 4.09. The largest absolute Gasteiger partial charge is 0.495 e. The van der Waals surface area contributed by atoms with Crippen molar-refractivity contribution in [2.75, 3.05) is 33.3 Å². The first kappa shape index (κ1) is 16.1. The standard InChI is InChI=1S/C16H23ClN2O2/c1-12(10-16(20)19-7-5-18-6-8-19)9-13-3-4-15(21-2)14(17)11-13/h3-4,11-12,18H,5-10H2,1-2H3. The summed E-state index contributed by atoms with van der Waals surface area (Å²) in [6.45, 7) is 5.54. The lowest BCUT2D eigenvalue weighted by Crippen LogP contribution is -2.46. The van der Waals surface area contributed by atoms with Crippen LogP contribution in [-0.2, 0) is 11.2 Å². The summed E-state index contributed by atoms with van der Waals surface area (Å²) < 4.78 is 5.15. The Hall–Kier alpha value is -1.26. The van der Waals surface area contributed by atoms with Crippen molar-refractivity contribution in [3.05, 3.63) is 28.8 Å². The summed E-state index contributed by atoms with van der Waals surface area (Å²) >= 11 is 6.13. The predicted molar refractivity (Wildman–Crippen MR) is 84.9 cm³/mol. The van der Waals surface area contributed by atoms with Crippen molar-refractivity contribution in [3.8, 4) is 5.75 Å². The van der Waals surface area contributed by atoms with E-state index in [1.807, 2.05) is 23.1 Å². The number of piperazine rings is 1. The van der Waals surface area contributed by atoms with E-state index in [-0.39, 0.29) is 5.91 Å². The molecule has 0 bridgehead atoms. The van der Waals surface area contributed by atoms with Crippen LogP contribution >= 0.6 is 11.6 Å². The number of hydrogen-bond donors (Lipinski definition) is 1. The van der Waals surface area contributed by atoms with Gasteiger partial charge in [-0.15, -0.1) is 0 Å². The van der Waals surface area contributed by atoms with Gasteiger partial charge in [-0.1, -0.05) is 24.6 Å². The van der Waals surface area contributed by atoms with E-state index in [9.17, 15) is 4.79 Å². The topological polar surface area (TPSA) is 41.6 Å². The molecule has 1 fully saturated rings. The molecule has 4 nitrogen and oxygen atoms in total. The minimum Gasteiger partial charge on any atom is -0.495 e. The molecular weight excluding hydrogens is 288 g/mol. The number of ether oxygens (including phenoxy) is 1. The summed E-state index contributed by atoms with van der Waals surface area (Å²) in [7, 11) is 1.61. The average Bonchev–Trinajstić information content (AvgIpc) is 2.48. The van der Waals surface area contributed by atoms with Crippen molar-refractivity contribution in [1.29, 1.82) is 0 Å². The number of halogens is 1. The Labute approximate surface area is 131 Å². The van der Waals surface area contributed by atoms with Crippen LogP contribution in [0.3, 0.4) is 0 Å². The second-order valence-corrected chi connectivity index (χ2v) is 6.02. The van der Waals surface area contributed by atoms with Crippen LogP contribution in [0.4, 0.5) is 0 Å². The van der Waals surface area contributed by atoms with Crippen LogP contribution in [-0.4, -0.2) is 44.1 Å². The molecule has 116 valence electrons. The van der Waals surface area contributed by atoms with E-state index < -0.39 is 0 Å². The maximum absolute atomic E-state index is 12.2. The van der Waals surface area contributed by atoms with Gasteiger partial charge in [0.1, 0.15) is 5.75 Å². The SMILES string of the molecule is COc1ccc(CC(C)CC(=O)N2CCNCC2)cc1Cl. The molecule has 1 aliphatic heterocycles. The van der Waals surface area contributed by atoms with E-state index in [1.54, 1.807) is 7.11 Å². The highest BCUT2D eigenvalue weighted by atomic mass is 35.5. The Balaban J connectivity index is 1.87. The van der Waals surface area contributed by atoms with Crippen LogP contribution in [0, 0.1) is 5.92 Å². The Morgan fingerprint density at radius 1 is 1.43 bits per heavy atom. The fraction of sp³-hybridized carbons (Fsp3) is 0.562. The molecule has 1 aromatic rings. The molecule has 1 aromatic carbocycles. The summed E-state index contributed by atoms with van der Waals surface area (Å²) in [4.78, 5) is 14.2. The Kier molecular flexibility index (Phi) is 5.88. The van der Waals surface area contributed by atoms with E-state index in [0.29, 0.717) is 23.1 Å². The average molecular weight is 311 g/mol. The van der Waals surface area contributed by atoms with Gasteiger partial charge >= 0.3 is 0 Å². The molecule has 0 saturated carbocycles. The van der Waals surface area contributed by atoms with Crippen molar-refractivity contribution in [2.24, 2.45) is 5.92 Å². The van der Waals surface area contributed by atoms with Gasteiger partial charge in [0.25, 0.3) is 0 Å².